The van der Waals surface area contributed by atoms with Gasteiger partial charge in [-0.2, -0.15) is 0 Å². The summed E-state index contributed by atoms with van der Waals surface area (Å²) in [6.45, 7) is 5.57. The molecule has 1 saturated carbocycles. The second kappa shape index (κ2) is 5.49. The van der Waals surface area contributed by atoms with Gasteiger partial charge in [-0.3, -0.25) is 0 Å². The second-order valence-corrected chi connectivity index (χ2v) is 5.05. The average Bonchev–Trinajstić information content (AvgIpc) is 3.07. The lowest BCUT2D eigenvalue weighted by molar-refractivity contribution is 0.492. The lowest BCUT2D eigenvalue weighted by Crippen LogP contribution is -2.25. The summed E-state index contributed by atoms with van der Waals surface area (Å²) >= 11 is 0. The summed E-state index contributed by atoms with van der Waals surface area (Å²) in [5, 5.41) is 3.48. The molecule has 0 bridgehead atoms. The highest BCUT2D eigenvalue weighted by Crippen LogP contribution is 2.50. The van der Waals surface area contributed by atoms with Crippen LogP contribution in [-0.2, 0) is 0 Å². The van der Waals surface area contributed by atoms with Crippen LogP contribution in [0.3, 0.4) is 0 Å². The van der Waals surface area contributed by atoms with Crippen LogP contribution in [0.4, 0.5) is 0 Å². The van der Waals surface area contributed by atoms with E-state index in [0.717, 1.165) is 18.4 Å². The fourth-order valence-corrected chi connectivity index (χ4v) is 2.59. The van der Waals surface area contributed by atoms with Crippen LogP contribution >= 0.6 is 0 Å². The Bertz CT molecular complexity index is 306. The summed E-state index contributed by atoms with van der Waals surface area (Å²) in [6.07, 6.45) is 4.11. The number of rotatable bonds is 6. The first kappa shape index (κ1) is 11.7. The Hall–Kier alpha value is -0.820. The van der Waals surface area contributed by atoms with Crippen LogP contribution in [0.15, 0.2) is 30.3 Å². The highest BCUT2D eigenvalue weighted by atomic mass is 14.9. The third-order valence-corrected chi connectivity index (χ3v) is 3.67. The normalized spacial score (nSPS) is 25.4. The predicted octanol–water partition coefficient (Wildman–Crippen LogP) is 3.57. The smallest absolute Gasteiger partial charge is 0.00387 e. The van der Waals surface area contributed by atoms with Crippen molar-refractivity contribution in [1.29, 1.82) is 0 Å². The van der Waals surface area contributed by atoms with E-state index in [4.69, 9.17) is 0 Å². The van der Waals surface area contributed by atoms with Gasteiger partial charge >= 0.3 is 0 Å². The highest BCUT2D eigenvalue weighted by Gasteiger charge is 2.37. The number of hydrogen-bond donors (Lipinski definition) is 1. The molecule has 0 aliphatic heterocycles. The van der Waals surface area contributed by atoms with Crippen molar-refractivity contribution in [2.45, 2.75) is 45.1 Å². The maximum atomic E-state index is 3.48. The first-order chi connectivity index (χ1) is 7.81. The molecule has 1 nitrogen and oxygen atoms in total. The van der Waals surface area contributed by atoms with E-state index < -0.39 is 0 Å². The molecule has 1 aliphatic carbocycles. The van der Waals surface area contributed by atoms with E-state index in [1.165, 1.54) is 19.3 Å². The first-order valence-electron chi connectivity index (χ1n) is 6.59. The molecule has 88 valence electrons. The molecule has 1 aromatic carbocycles. The van der Waals surface area contributed by atoms with Gasteiger partial charge in [-0.05, 0) is 50.1 Å². The van der Waals surface area contributed by atoms with E-state index in [0.29, 0.717) is 6.04 Å². The molecule has 1 aromatic rings. The third kappa shape index (κ3) is 3.08. The number of benzene rings is 1. The van der Waals surface area contributed by atoms with Crippen molar-refractivity contribution in [3.8, 4) is 0 Å². The Morgan fingerprint density at radius 2 is 2.06 bits per heavy atom. The van der Waals surface area contributed by atoms with Crippen molar-refractivity contribution < 1.29 is 0 Å². The minimum Gasteiger partial charge on any atom is -0.315 e. The van der Waals surface area contributed by atoms with Gasteiger partial charge in [0.1, 0.15) is 0 Å². The summed E-state index contributed by atoms with van der Waals surface area (Å²) in [5.41, 5.74) is 1.55. The lowest BCUT2D eigenvalue weighted by Gasteiger charge is -2.11. The summed E-state index contributed by atoms with van der Waals surface area (Å²) in [4.78, 5) is 0. The van der Waals surface area contributed by atoms with Gasteiger partial charge in [0.25, 0.3) is 0 Å². The van der Waals surface area contributed by atoms with E-state index in [2.05, 4.69) is 49.5 Å². The van der Waals surface area contributed by atoms with Crippen molar-refractivity contribution in [1.82, 2.24) is 5.32 Å². The summed E-state index contributed by atoms with van der Waals surface area (Å²) in [7, 11) is 0. The van der Waals surface area contributed by atoms with E-state index >= 15 is 0 Å². The van der Waals surface area contributed by atoms with Crippen LogP contribution in [0.5, 0.6) is 0 Å². The molecule has 0 radical (unpaired) electrons. The molecule has 0 amide bonds. The van der Waals surface area contributed by atoms with Gasteiger partial charge in [0.2, 0.25) is 0 Å². The van der Waals surface area contributed by atoms with E-state index in [-0.39, 0.29) is 0 Å². The van der Waals surface area contributed by atoms with Gasteiger partial charge in [-0.25, -0.2) is 0 Å². The molecule has 1 heteroatoms. The van der Waals surface area contributed by atoms with Gasteiger partial charge in [0.05, 0.1) is 0 Å². The molecular weight excluding hydrogens is 194 g/mol. The standard InChI is InChI=1S/C15H23N/c1-3-16-12(2)9-10-14-11-15(14)13-7-5-4-6-8-13/h4-8,12,14-16H,3,9-11H2,1-2H3. The highest BCUT2D eigenvalue weighted by molar-refractivity contribution is 5.25. The Labute approximate surface area is 99.3 Å². The van der Waals surface area contributed by atoms with Crippen LogP contribution in [0.2, 0.25) is 0 Å². The van der Waals surface area contributed by atoms with Crippen LogP contribution < -0.4 is 5.32 Å². The van der Waals surface area contributed by atoms with Gasteiger partial charge < -0.3 is 5.32 Å². The van der Waals surface area contributed by atoms with Crippen molar-refractivity contribution >= 4 is 0 Å². The van der Waals surface area contributed by atoms with Gasteiger partial charge in [-0.1, -0.05) is 37.3 Å². The monoisotopic (exact) mass is 217 g/mol. The summed E-state index contributed by atoms with van der Waals surface area (Å²) < 4.78 is 0. The van der Waals surface area contributed by atoms with E-state index in [1.807, 2.05) is 0 Å². The van der Waals surface area contributed by atoms with Gasteiger partial charge in [0.15, 0.2) is 0 Å². The third-order valence-electron chi connectivity index (χ3n) is 3.67. The zero-order valence-electron chi connectivity index (χ0n) is 10.4. The maximum Gasteiger partial charge on any atom is 0.00387 e. The fraction of sp³-hybridized carbons (Fsp3) is 0.600. The predicted molar refractivity (Wildman–Crippen MR) is 69.7 cm³/mol. The van der Waals surface area contributed by atoms with Crippen LogP contribution in [0.25, 0.3) is 0 Å². The molecule has 2 rings (SSSR count). The minimum atomic E-state index is 0.682. The average molecular weight is 217 g/mol. The Morgan fingerprint density at radius 1 is 1.31 bits per heavy atom. The molecule has 3 unspecified atom stereocenters. The van der Waals surface area contributed by atoms with E-state index in [1.54, 1.807) is 5.56 Å². The van der Waals surface area contributed by atoms with Crippen molar-refractivity contribution in [3.63, 3.8) is 0 Å². The number of hydrogen-bond acceptors (Lipinski definition) is 1. The van der Waals surface area contributed by atoms with Crippen LogP contribution in [0.1, 0.15) is 44.6 Å². The fourth-order valence-electron chi connectivity index (χ4n) is 2.59. The molecule has 1 fully saturated rings. The molecule has 16 heavy (non-hydrogen) atoms. The van der Waals surface area contributed by atoms with Crippen LogP contribution in [-0.4, -0.2) is 12.6 Å². The topological polar surface area (TPSA) is 12.0 Å². The van der Waals surface area contributed by atoms with Crippen LogP contribution in [0, 0.1) is 5.92 Å². The maximum absolute atomic E-state index is 3.48. The number of nitrogens with one attached hydrogen (secondary N) is 1. The molecule has 1 N–H and O–H groups in total. The summed E-state index contributed by atoms with van der Waals surface area (Å²) in [5.74, 6) is 1.80. The Morgan fingerprint density at radius 3 is 2.75 bits per heavy atom. The molecule has 0 aromatic heterocycles. The lowest BCUT2D eigenvalue weighted by atomic mass is 10.1. The SMILES string of the molecule is CCNC(C)CCC1CC1c1ccccc1. The van der Waals surface area contributed by atoms with Gasteiger partial charge in [-0.15, -0.1) is 0 Å². The summed E-state index contributed by atoms with van der Waals surface area (Å²) in [6, 6.07) is 11.7. The van der Waals surface area contributed by atoms with Crippen molar-refractivity contribution in [2.75, 3.05) is 6.54 Å². The largest absolute Gasteiger partial charge is 0.315 e. The quantitative estimate of drug-likeness (QED) is 0.768. The minimum absolute atomic E-state index is 0.682. The van der Waals surface area contributed by atoms with Crippen molar-refractivity contribution in [2.24, 2.45) is 5.92 Å². The Kier molecular flexibility index (Phi) is 4.00. The zero-order valence-corrected chi connectivity index (χ0v) is 10.4. The Balaban J connectivity index is 1.72. The molecular formula is C15H23N. The molecule has 0 heterocycles. The molecule has 3 atom stereocenters. The second-order valence-electron chi connectivity index (χ2n) is 5.05. The first-order valence-corrected chi connectivity index (χ1v) is 6.59. The van der Waals surface area contributed by atoms with Gasteiger partial charge in [0, 0.05) is 6.04 Å². The molecule has 0 spiro atoms. The molecule has 0 saturated heterocycles. The zero-order chi connectivity index (χ0) is 11.4. The van der Waals surface area contributed by atoms with Crippen molar-refractivity contribution in [3.05, 3.63) is 35.9 Å². The van der Waals surface area contributed by atoms with E-state index in [9.17, 15) is 0 Å². The molecule has 1 aliphatic rings.